The summed E-state index contributed by atoms with van der Waals surface area (Å²) in [6.07, 6.45) is 0. The van der Waals surface area contributed by atoms with Crippen LogP contribution in [0.3, 0.4) is 0 Å². The van der Waals surface area contributed by atoms with Crippen molar-refractivity contribution >= 4 is 11.6 Å². The highest BCUT2D eigenvalue weighted by Crippen LogP contribution is 2.20. The lowest BCUT2D eigenvalue weighted by molar-refractivity contribution is 0.102. The molecule has 128 valence electrons. The van der Waals surface area contributed by atoms with Crippen molar-refractivity contribution in [3.63, 3.8) is 0 Å². The van der Waals surface area contributed by atoms with Crippen molar-refractivity contribution < 1.29 is 4.79 Å². The lowest BCUT2D eigenvalue weighted by Crippen LogP contribution is -2.30. The second kappa shape index (κ2) is 6.59. The third kappa shape index (κ3) is 3.91. The first kappa shape index (κ1) is 17.9. The van der Waals surface area contributed by atoms with Crippen LogP contribution in [0.2, 0.25) is 0 Å². The van der Waals surface area contributed by atoms with Crippen LogP contribution in [-0.4, -0.2) is 15.9 Å². The third-order valence-corrected chi connectivity index (χ3v) is 3.85. The normalized spacial score (nSPS) is 11.6. The summed E-state index contributed by atoms with van der Waals surface area (Å²) in [7, 11) is 0. The van der Waals surface area contributed by atoms with Crippen molar-refractivity contribution in [1.29, 1.82) is 0 Å². The van der Waals surface area contributed by atoms with Gasteiger partial charge in [-0.1, -0.05) is 46.8 Å². The minimum absolute atomic E-state index is 0.0537. The lowest BCUT2D eigenvalue weighted by atomic mass is 9.95. The molecule has 0 aliphatic heterocycles. The molecule has 2 aromatic rings. The Hall–Kier alpha value is -2.43. The summed E-state index contributed by atoms with van der Waals surface area (Å²) in [4.78, 5) is 32.0. The Morgan fingerprint density at radius 2 is 1.92 bits per heavy atom. The summed E-state index contributed by atoms with van der Waals surface area (Å²) in [6.45, 7) is 11.7. The van der Waals surface area contributed by atoms with Crippen LogP contribution in [0.5, 0.6) is 0 Å². The molecule has 24 heavy (non-hydrogen) atoms. The predicted molar refractivity (Wildman–Crippen MR) is 96.8 cm³/mol. The average Bonchev–Trinajstić information content (AvgIpc) is 2.45. The maximum atomic E-state index is 12.5. The largest absolute Gasteiger partial charge is 0.322 e. The van der Waals surface area contributed by atoms with Gasteiger partial charge >= 0.3 is 0 Å². The molecule has 0 fully saturated rings. The van der Waals surface area contributed by atoms with Gasteiger partial charge in [-0.05, 0) is 30.5 Å². The summed E-state index contributed by atoms with van der Waals surface area (Å²) >= 11 is 0. The number of aromatic amines is 1. The Morgan fingerprint density at radius 1 is 1.25 bits per heavy atom. The molecule has 0 radical (unpaired) electrons. The van der Waals surface area contributed by atoms with E-state index in [4.69, 9.17) is 0 Å². The zero-order valence-corrected chi connectivity index (χ0v) is 15.2. The van der Waals surface area contributed by atoms with Crippen LogP contribution in [0, 0.1) is 6.92 Å². The van der Waals surface area contributed by atoms with Crippen molar-refractivity contribution in [3.05, 3.63) is 57.3 Å². The fourth-order valence-corrected chi connectivity index (χ4v) is 2.38. The van der Waals surface area contributed by atoms with Crippen molar-refractivity contribution in [2.24, 2.45) is 0 Å². The van der Waals surface area contributed by atoms with Crippen molar-refractivity contribution in [2.45, 2.75) is 52.9 Å². The molecule has 2 N–H and O–H groups in total. The number of aromatic nitrogens is 2. The van der Waals surface area contributed by atoms with Gasteiger partial charge in [0.05, 0.1) is 5.69 Å². The predicted octanol–water partition coefficient (Wildman–Crippen LogP) is 3.75. The second-order valence-corrected chi connectivity index (χ2v) is 7.36. The molecule has 0 atom stereocenters. The van der Waals surface area contributed by atoms with E-state index in [1.165, 1.54) is 0 Å². The van der Waals surface area contributed by atoms with E-state index >= 15 is 0 Å². The van der Waals surface area contributed by atoms with Gasteiger partial charge in [0.2, 0.25) is 0 Å². The first-order valence-electron chi connectivity index (χ1n) is 8.12. The van der Waals surface area contributed by atoms with Crippen molar-refractivity contribution in [2.75, 3.05) is 5.32 Å². The maximum Gasteiger partial charge on any atom is 0.264 e. The number of amides is 1. The standard InChI is InChI=1S/C19H25N3O2/c1-11(2)13-8-7-9-14(10-13)21-16(23)15-12(3)20-18(19(4,5)6)22-17(15)24/h7-11H,1-6H3,(H,21,23)(H,20,22,24). The topological polar surface area (TPSA) is 74.8 Å². The van der Waals surface area contributed by atoms with Gasteiger partial charge in [0.1, 0.15) is 11.4 Å². The first-order valence-corrected chi connectivity index (χ1v) is 8.12. The molecular formula is C19H25N3O2. The zero-order chi connectivity index (χ0) is 18.1. The lowest BCUT2D eigenvalue weighted by Gasteiger charge is -2.18. The highest BCUT2D eigenvalue weighted by molar-refractivity contribution is 6.04. The summed E-state index contributed by atoms with van der Waals surface area (Å²) in [5, 5.41) is 2.79. The number of benzene rings is 1. The Labute approximate surface area is 142 Å². The molecule has 2 rings (SSSR count). The van der Waals surface area contributed by atoms with Crippen LogP contribution in [0.1, 0.15) is 68.0 Å². The van der Waals surface area contributed by atoms with E-state index in [9.17, 15) is 9.59 Å². The third-order valence-electron chi connectivity index (χ3n) is 3.85. The van der Waals surface area contributed by atoms with Gasteiger partial charge in [0.15, 0.2) is 0 Å². The van der Waals surface area contributed by atoms with Crippen LogP contribution in [0.15, 0.2) is 29.1 Å². The van der Waals surface area contributed by atoms with Gasteiger partial charge < -0.3 is 10.3 Å². The van der Waals surface area contributed by atoms with Crippen molar-refractivity contribution in [3.8, 4) is 0 Å². The van der Waals surface area contributed by atoms with E-state index in [1.54, 1.807) is 6.92 Å². The maximum absolute atomic E-state index is 12.5. The summed E-state index contributed by atoms with van der Waals surface area (Å²) in [5.74, 6) is 0.491. The van der Waals surface area contributed by atoms with E-state index in [0.717, 1.165) is 5.56 Å². The van der Waals surface area contributed by atoms with E-state index in [0.29, 0.717) is 23.1 Å². The van der Waals surface area contributed by atoms with E-state index in [1.807, 2.05) is 45.0 Å². The molecule has 1 aromatic carbocycles. The Bertz CT molecular complexity index is 814. The molecule has 0 unspecified atom stereocenters. The van der Waals surface area contributed by atoms with Crippen LogP contribution in [0.25, 0.3) is 0 Å². The summed E-state index contributed by atoms with van der Waals surface area (Å²) < 4.78 is 0. The fraction of sp³-hybridized carbons (Fsp3) is 0.421. The molecule has 0 bridgehead atoms. The molecular weight excluding hydrogens is 302 g/mol. The number of hydrogen-bond donors (Lipinski definition) is 2. The van der Waals surface area contributed by atoms with Gasteiger partial charge in [0.25, 0.3) is 11.5 Å². The van der Waals surface area contributed by atoms with Gasteiger partial charge in [-0.25, -0.2) is 4.98 Å². The van der Waals surface area contributed by atoms with Gasteiger partial charge in [0, 0.05) is 11.1 Å². The number of nitrogens with one attached hydrogen (secondary N) is 2. The number of H-pyrrole nitrogens is 1. The highest BCUT2D eigenvalue weighted by atomic mass is 16.2. The zero-order valence-electron chi connectivity index (χ0n) is 15.2. The van der Waals surface area contributed by atoms with E-state index < -0.39 is 11.5 Å². The van der Waals surface area contributed by atoms with Crippen LogP contribution >= 0.6 is 0 Å². The van der Waals surface area contributed by atoms with Gasteiger partial charge in [-0.15, -0.1) is 0 Å². The van der Waals surface area contributed by atoms with Gasteiger partial charge in [-0.2, -0.15) is 0 Å². The molecule has 0 aliphatic rings. The van der Waals surface area contributed by atoms with Crippen LogP contribution in [-0.2, 0) is 5.41 Å². The molecule has 0 saturated carbocycles. The smallest absolute Gasteiger partial charge is 0.264 e. The molecule has 1 heterocycles. The second-order valence-electron chi connectivity index (χ2n) is 7.36. The average molecular weight is 327 g/mol. The number of nitrogens with zero attached hydrogens (tertiary/aromatic N) is 1. The first-order chi connectivity index (χ1) is 11.1. The van der Waals surface area contributed by atoms with Gasteiger partial charge in [-0.3, -0.25) is 9.59 Å². The number of anilines is 1. The summed E-state index contributed by atoms with van der Waals surface area (Å²) in [5.41, 5.74) is 1.58. The fourth-order valence-electron chi connectivity index (χ4n) is 2.38. The quantitative estimate of drug-likeness (QED) is 0.901. The monoisotopic (exact) mass is 327 g/mol. The van der Waals surface area contributed by atoms with Crippen molar-refractivity contribution in [1.82, 2.24) is 9.97 Å². The SMILES string of the molecule is Cc1nc(C(C)(C)C)[nH]c(=O)c1C(=O)Nc1cccc(C(C)C)c1. The van der Waals surface area contributed by atoms with E-state index in [2.05, 4.69) is 29.1 Å². The number of carbonyl (C=O) groups is 1. The highest BCUT2D eigenvalue weighted by Gasteiger charge is 2.22. The van der Waals surface area contributed by atoms with Crippen LogP contribution in [0.4, 0.5) is 5.69 Å². The number of carbonyl (C=O) groups excluding carboxylic acids is 1. The Balaban J connectivity index is 2.34. The molecule has 1 amide bonds. The minimum Gasteiger partial charge on any atom is -0.322 e. The summed E-state index contributed by atoms with van der Waals surface area (Å²) in [6, 6.07) is 7.63. The molecule has 5 heteroatoms. The Morgan fingerprint density at radius 3 is 2.46 bits per heavy atom. The number of rotatable bonds is 3. The molecule has 5 nitrogen and oxygen atoms in total. The number of aryl methyl sites for hydroxylation is 1. The Kier molecular flexibility index (Phi) is 4.92. The van der Waals surface area contributed by atoms with Crippen LogP contribution < -0.4 is 10.9 Å². The molecule has 0 spiro atoms. The molecule has 0 aliphatic carbocycles. The molecule has 1 aromatic heterocycles. The number of hydrogen-bond acceptors (Lipinski definition) is 3. The minimum atomic E-state index is -0.442. The molecule has 0 saturated heterocycles. The van der Waals surface area contributed by atoms with E-state index in [-0.39, 0.29) is 11.0 Å².